The van der Waals surface area contributed by atoms with Gasteiger partial charge in [-0.3, -0.25) is 4.79 Å². The fraction of sp³-hybridized carbons (Fsp3) is 0.579. The van der Waals surface area contributed by atoms with Gasteiger partial charge in [-0.05, 0) is 19.8 Å². The number of unbranched alkanes of at least 4 members (excludes halogenated alkanes) is 2. The van der Waals surface area contributed by atoms with Crippen molar-refractivity contribution in [3.05, 3.63) is 36.4 Å². The molecule has 22 heavy (non-hydrogen) atoms. The van der Waals surface area contributed by atoms with Gasteiger partial charge >= 0.3 is 0 Å². The zero-order valence-electron chi connectivity index (χ0n) is 15.1. The van der Waals surface area contributed by atoms with Gasteiger partial charge in [0.25, 0.3) is 0 Å². The molecular weight excluding hydrogens is 274 g/mol. The predicted octanol–water partition coefficient (Wildman–Crippen LogP) is 5.14. The number of rotatable bonds is 6. The Morgan fingerprint density at radius 3 is 1.36 bits per heavy atom. The minimum absolute atomic E-state index is 0.211. The quantitative estimate of drug-likeness (QED) is 0.739. The Morgan fingerprint density at radius 2 is 1.18 bits per heavy atom. The predicted molar refractivity (Wildman–Crippen MR) is 96.7 cm³/mol. The van der Waals surface area contributed by atoms with Crippen LogP contribution in [0.25, 0.3) is 0 Å². The van der Waals surface area contributed by atoms with Crippen LogP contribution in [0.4, 0.5) is 0 Å². The van der Waals surface area contributed by atoms with Gasteiger partial charge in [0, 0.05) is 12.8 Å². The van der Waals surface area contributed by atoms with Crippen LogP contribution in [-0.4, -0.2) is 11.7 Å². The summed E-state index contributed by atoms with van der Waals surface area (Å²) < 4.78 is 0. The Hall–Kier alpha value is -1.64. The Labute approximate surface area is 137 Å². The highest BCUT2D eigenvalue weighted by atomic mass is 16.1. The van der Waals surface area contributed by atoms with E-state index in [4.69, 9.17) is 5.73 Å². The highest BCUT2D eigenvalue weighted by molar-refractivity contribution is 5.75. The molecule has 0 saturated carbocycles. The fourth-order valence-corrected chi connectivity index (χ4v) is 1.26. The smallest absolute Gasteiger partial charge is 0.217 e. The highest BCUT2D eigenvalue weighted by Crippen LogP contribution is 1.98. The first-order valence-electron chi connectivity index (χ1n) is 8.32. The summed E-state index contributed by atoms with van der Waals surface area (Å²) in [7, 11) is 0. The number of hydrogen-bond acceptors (Lipinski definition) is 2. The second-order valence-electron chi connectivity index (χ2n) is 4.53. The van der Waals surface area contributed by atoms with Gasteiger partial charge in [0.15, 0.2) is 0 Å². The van der Waals surface area contributed by atoms with E-state index in [-0.39, 0.29) is 5.91 Å². The van der Waals surface area contributed by atoms with Crippen molar-refractivity contribution in [1.29, 1.82) is 0 Å². The molecule has 0 unspecified atom stereocenters. The number of carbonyl (C=O) groups is 2. The van der Waals surface area contributed by atoms with Gasteiger partial charge in [0.05, 0.1) is 0 Å². The van der Waals surface area contributed by atoms with E-state index < -0.39 is 0 Å². The van der Waals surface area contributed by atoms with Crippen molar-refractivity contribution in [1.82, 2.24) is 0 Å². The normalized spacial score (nSPS) is 8.05. The van der Waals surface area contributed by atoms with Gasteiger partial charge in [-0.2, -0.15) is 0 Å². The third-order valence-corrected chi connectivity index (χ3v) is 2.30. The molecule has 0 aliphatic rings. The van der Waals surface area contributed by atoms with Crippen LogP contribution < -0.4 is 5.73 Å². The van der Waals surface area contributed by atoms with E-state index in [9.17, 15) is 9.59 Å². The van der Waals surface area contributed by atoms with Gasteiger partial charge in [0.2, 0.25) is 5.91 Å². The molecule has 0 radical (unpaired) electrons. The van der Waals surface area contributed by atoms with Crippen LogP contribution in [0.5, 0.6) is 0 Å². The molecule has 0 aliphatic heterocycles. The van der Waals surface area contributed by atoms with Crippen molar-refractivity contribution in [3.8, 4) is 0 Å². The number of ketones is 1. The Kier molecular flexibility index (Phi) is 28.1. The van der Waals surface area contributed by atoms with Gasteiger partial charge in [-0.25, -0.2) is 0 Å². The molecule has 0 saturated heterocycles. The average molecular weight is 309 g/mol. The summed E-state index contributed by atoms with van der Waals surface area (Å²) in [5, 5.41) is 0. The third kappa shape index (κ3) is 36.2. The van der Waals surface area contributed by atoms with E-state index in [1.165, 1.54) is 12.8 Å². The maximum absolute atomic E-state index is 10.3. The number of amides is 1. The molecule has 0 atom stereocenters. The molecule has 0 fully saturated rings. The molecule has 3 heteroatoms. The largest absolute Gasteiger partial charge is 0.370 e. The summed E-state index contributed by atoms with van der Waals surface area (Å²) in [5.41, 5.74) is 4.76. The first-order valence-corrected chi connectivity index (χ1v) is 8.32. The second kappa shape index (κ2) is 24.4. The number of primary amides is 1. The van der Waals surface area contributed by atoms with Crippen molar-refractivity contribution in [3.63, 3.8) is 0 Å². The monoisotopic (exact) mass is 309 g/mol. The Bertz CT molecular complexity index is 297. The zero-order chi connectivity index (χ0) is 17.6. The molecular formula is C19H35NO2. The Balaban J connectivity index is -0.000000235. The summed E-state index contributed by atoms with van der Waals surface area (Å²) >= 11 is 0. The molecule has 0 bridgehead atoms. The lowest BCUT2D eigenvalue weighted by molar-refractivity contribution is -0.118. The van der Waals surface area contributed by atoms with E-state index in [1.54, 1.807) is 6.92 Å². The van der Waals surface area contributed by atoms with Crippen molar-refractivity contribution in [2.24, 2.45) is 5.73 Å². The molecule has 0 spiro atoms. The average Bonchev–Trinajstić information content (AvgIpc) is 2.52. The van der Waals surface area contributed by atoms with E-state index in [0.717, 1.165) is 19.3 Å². The molecule has 128 valence electrons. The first kappa shape index (κ1) is 25.3. The number of carbonyl (C=O) groups excluding carboxylic acids is 2. The Morgan fingerprint density at radius 1 is 0.773 bits per heavy atom. The lowest BCUT2D eigenvalue weighted by Crippen LogP contribution is -2.08. The molecule has 1 rings (SSSR count). The maximum atomic E-state index is 10.3. The maximum Gasteiger partial charge on any atom is 0.217 e. The van der Waals surface area contributed by atoms with Crippen molar-refractivity contribution in [2.45, 2.75) is 73.1 Å². The second-order valence-corrected chi connectivity index (χ2v) is 4.53. The minimum atomic E-state index is -0.211. The molecule has 1 amide bonds. The molecule has 2 N–H and O–H groups in total. The fourth-order valence-electron chi connectivity index (χ4n) is 1.26. The van der Waals surface area contributed by atoms with Crippen LogP contribution in [0.15, 0.2) is 36.4 Å². The standard InChI is InChI=1S/C7H14O.C6H6.C4H9NO.C2H6/c1-3-4-5-6-7(2)8;1-2-4-6-5-3-1;1-2-3-4(5)6;1-2/h3-6H2,1-2H3;1-6H;2-3H2,1H3,(H2,5,6);1-2H3. The van der Waals surface area contributed by atoms with Crippen LogP contribution in [0.1, 0.15) is 73.1 Å². The van der Waals surface area contributed by atoms with Gasteiger partial charge in [-0.15, -0.1) is 0 Å². The van der Waals surface area contributed by atoms with Gasteiger partial charge in [-0.1, -0.05) is 76.9 Å². The number of benzene rings is 1. The molecule has 1 aromatic carbocycles. The topological polar surface area (TPSA) is 60.2 Å². The SMILES string of the molecule is CC.CCCC(N)=O.CCCCCC(C)=O.c1ccccc1. The molecule has 3 nitrogen and oxygen atoms in total. The lowest BCUT2D eigenvalue weighted by Gasteiger charge is -1.90. The molecule has 0 aliphatic carbocycles. The van der Waals surface area contributed by atoms with Crippen LogP contribution in [-0.2, 0) is 9.59 Å². The van der Waals surface area contributed by atoms with Gasteiger partial charge in [0.1, 0.15) is 5.78 Å². The van der Waals surface area contributed by atoms with Crippen molar-refractivity contribution in [2.75, 3.05) is 0 Å². The summed E-state index contributed by atoms with van der Waals surface area (Å²) in [4.78, 5) is 20.1. The van der Waals surface area contributed by atoms with Crippen molar-refractivity contribution < 1.29 is 9.59 Å². The van der Waals surface area contributed by atoms with Crippen LogP contribution in [0.2, 0.25) is 0 Å². The molecule has 0 heterocycles. The van der Waals surface area contributed by atoms with Crippen LogP contribution >= 0.6 is 0 Å². The van der Waals surface area contributed by atoms with Crippen LogP contribution in [0, 0.1) is 0 Å². The van der Waals surface area contributed by atoms with Gasteiger partial charge < -0.3 is 10.5 Å². The molecule has 0 aromatic heterocycles. The minimum Gasteiger partial charge on any atom is -0.370 e. The summed E-state index contributed by atoms with van der Waals surface area (Å²) in [6, 6.07) is 12.0. The summed E-state index contributed by atoms with van der Waals surface area (Å²) in [6.07, 6.45) is 5.61. The van der Waals surface area contributed by atoms with Crippen molar-refractivity contribution >= 4 is 11.7 Å². The first-order chi connectivity index (χ1) is 10.5. The third-order valence-electron chi connectivity index (χ3n) is 2.30. The van der Waals surface area contributed by atoms with E-state index >= 15 is 0 Å². The van der Waals surface area contributed by atoms with E-state index in [0.29, 0.717) is 12.2 Å². The lowest BCUT2D eigenvalue weighted by atomic mass is 10.2. The van der Waals surface area contributed by atoms with Crippen LogP contribution in [0.3, 0.4) is 0 Å². The number of Topliss-reactive ketones (excluding diaryl/α,β-unsaturated/α-hetero) is 1. The zero-order valence-corrected chi connectivity index (χ0v) is 15.1. The summed E-state index contributed by atoms with van der Waals surface area (Å²) in [6.45, 7) is 9.71. The molecule has 1 aromatic rings. The number of hydrogen-bond donors (Lipinski definition) is 1. The highest BCUT2D eigenvalue weighted by Gasteiger charge is 1.89. The number of nitrogens with two attached hydrogens (primary N) is 1. The summed E-state index contributed by atoms with van der Waals surface area (Å²) in [5.74, 6) is 0.107. The van der Waals surface area contributed by atoms with E-state index in [2.05, 4.69) is 6.92 Å². The van der Waals surface area contributed by atoms with E-state index in [1.807, 2.05) is 57.2 Å².